The third kappa shape index (κ3) is 4.30. The smallest absolute Gasteiger partial charge is 0.339 e. The predicted molar refractivity (Wildman–Crippen MR) is 102 cm³/mol. The molecule has 5 nitrogen and oxygen atoms in total. The van der Waals surface area contributed by atoms with Gasteiger partial charge in [0.15, 0.2) is 0 Å². The van der Waals surface area contributed by atoms with E-state index in [0.29, 0.717) is 30.1 Å². The molecule has 26 heavy (non-hydrogen) atoms. The van der Waals surface area contributed by atoms with Gasteiger partial charge in [0.1, 0.15) is 5.69 Å². The molecule has 0 aliphatic heterocycles. The second kappa shape index (κ2) is 7.99. The van der Waals surface area contributed by atoms with Crippen molar-refractivity contribution in [3.63, 3.8) is 0 Å². The number of amides is 1. The Hall–Kier alpha value is -2.21. The summed E-state index contributed by atoms with van der Waals surface area (Å²) >= 11 is 3.47. The van der Waals surface area contributed by atoms with Crippen LogP contribution in [-0.2, 0) is 11.3 Å². The number of benzene rings is 1. The molecule has 0 N–H and O–H groups in total. The quantitative estimate of drug-likeness (QED) is 0.664. The van der Waals surface area contributed by atoms with Crippen LogP contribution in [0.25, 0.3) is 0 Å². The van der Waals surface area contributed by atoms with E-state index < -0.39 is 5.97 Å². The Morgan fingerprint density at radius 1 is 1.27 bits per heavy atom. The van der Waals surface area contributed by atoms with E-state index in [1.807, 2.05) is 29.2 Å². The number of aryl methyl sites for hydroxylation is 1. The summed E-state index contributed by atoms with van der Waals surface area (Å²) in [5.74, 6) is -0.518. The summed E-state index contributed by atoms with van der Waals surface area (Å²) in [7, 11) is 0. The maximum absolute atomic E-state index is 13.0. The van der Waals surface area contributed by atoms with Gasteiger partial charge in [-0.15, -0.1) is 0 Å². The van der Waals surface area contributed by atoms with E-state index >= 15 is 0 Å². The molecule has 0 spiro atoms. The van der Waals surface area contributed by atoms with E-state index in [9.17, 15) is 9.59 Å². The van der Waals surface area contributed by atoms with Gasteiger partial charge in [-0.3, -0.25) is 4.79 Å². The zero-order valence-corrected chi connectivity index (χ0v) is 16.5. The molecule has 0 unspecified atom stereocenters. The van der Waals surface area contributed by atoms with Gasteiger partial charge < -0.3 is 9.64 Å². The van der Waals surface area contributed by atoms with Crippen molar-refractivity contribution in [1.82, 2.24) is 9.88 Å². The van der Waals surface area contributed by atoms with Gasteiger partial charge >= 0.3 is 5.97 Å². The van der Waals surface area contributed by atoms with Crippen LogP contribution in [0.2, 0.25) is 0 Å². The Bertz CT molecular complexity index is 834. The lowest BCUT2D eigenvalue weighted by Crippen LogP contribution is -2.33. The number of pyridine rings is 1. The first-order chi connectivity index (χ1) is 12.5. The first kappa shape index (κ1) is 18.6. The summed E-state index contributed by atoms with van der Waals surface area (Å²) in [6.07, 6.45) is 2.03. The SMILES string of the molecule is CCOC(=O)c1ccc(C(=O)N(Cc2cccc(Br)c2)C2CC2)nc1C. The fourth-order valence-corrected chi connectivity index (χ4v) is 3.28. The van der Waals surface area contributed by atoms with Crippen LogP contribution in [0.3, 0.4) is 0 Å². The van der Waals surface area contributed by atoms with Crippen LogP contribution in [0.5, 0.6) is 0 Å². The Morgan fingerprint density at radius 2 is 2.04 bits per heavy atom. The molecule has 1 aromatic carbocycles. The molecule has 0 bridgehead atoms. The standard InChI is InChI=1S/C20H21BrN2O3/c1-3-26-20(25)17-9-10-18(22-13(17)2)19(24)23(16-7-8-16)12-14-5-4-6-15(21)11-14/h4-6,9-11,16H,3,7-8,12H2,1-2H3. The van der Waals surface area contributed by atoms with E-state index in [0.717, 1.165) is 22.9 Å². The molecule has 1 fully saturated rings. The number of carbonyl (C=O) groups is 2. The highest BCUT2D eigenvalue weighted by molar-refractivity contribution is 9.10. The number of nitrogens with zero attached hydrogens (tertiary/aromatic N) is 2. The lowest BCUT2D eigenvalue weighted by molar-refractivity contribution is 0.0523. The van der Waals surface area contributed by atoms with Crippen LogP contribution < -0.4 is 0 Å². The summed E-state index contributed by atoms with van der Waals surface area (Å²) in [4.78, 5) is 31.2. The topological polar surface area (TPSA) is 59.5 Å². The van der Waals surface area contributed by atoms with Crippen molar-refractivity contribution < 1.29 is 14.3 Å². The van der Waals surface area contributed by atoms with Crippen LogP contribution in [-0.4, -0.2) is 34.4 Å². The number of aromatic nitrogens is 1. The Labute approximate surface area is 161 Å². The minimum atomic E-state index is -0.412. The number of hydrogen-bond acceptors (Lipinski definition) is 4. The number of esters is 1. The van der Waals surface area contributed by atoms with E-state index in [2.05, 4.69) is 20.9 Å². The molecule has 1 heterocycles. The average molecular weight is 417 g/mol. The average Bonchev–Trinajstić information content (AvgIpc) is 3.44. The summed E-state index contributed by atoms with van der Waals surface area (Å²) in [6, 6.07) is 11.4. The Morgan fingerprint density at radius 3 is 2.65 bits per heavy atom. The second-order valence-electron chi connectivity index (χ2n) is 6.34. The zero-order chi connectivity index (χ0) is 18.7. The molecule has 1 amide bonds. The highest BCUT2D eigenvalue weighted by atomic mass is 79.9. The van der Waals surface area contributed by atoms with Gasteiger partial charge in [0.2, 0.25) is 0 Å². The van der Waals surface area contributed by atoms with Crippen molar-refractivity contribution in [3.05, 3.63) is 63.4 Å². The van der Waals surface area contributed by atoms with E-state index in [-0.39, 0.29) is 11.9 Å². The molecule has 136 valence electrons. The van der Waals surface area contributed by atoms with Crippen LogP contribution in [0.1, 0.15) is 51.9 Å². The van der Waals surface area contributed by atoms with Crippen molar-refractivity contribution in [1.29, 1.82) is 0 Å². The molecule has 6 heteroatoms. The molecule has 0 radical (unpaired) electrons. The molecule has 0 atom stereocenters. The molecule has 3 rings (SSSR count). The number of halogens is 1. The second-order valence-corrected chi connectivity index (χ2v) is 7.26. The van der Waals surface area contributed by atoms with Gasteiger partial charge in [-0.2, -0.15) is 0 Å². The highest BCUT2D eigenvalue weighted by Crippen LogP contribution is 2.30. The molecular formula is C20H21BrN2O3. The van der Waals surface area contributed by atoms with Gasteiger partial charge in [-0.25, -0.2) is 9.78 Å². The molecule has 1 aliphatic rings. The third-order valence-corrected chi connectivity index (χ3v) is 4.78. The molecule has 1 aromatic heterocycles. The predicted octanol–water partition coefficient (Wildman–Crippen LogP) is 4.13. The summed E-state index contributed by atoms with van der Waals surface area (Å²) in [6.45, 7) is 4.33. The van der Waals surface area contributed by atoms with Crippen molar-refractivity contribution in [2.75, 3.05) is 6.61 Å². The van der Waals surface area contributed by atoms with Crippen LogP contribution in [0, 0.1) is 6.92 Å². The van der Waals surface area contributed by atoms with Gasteiger partial charge in [-0.05, 0) is 56.5 Å². The first-order valence-corrected chi connectivity index (χ1v) is 9.49. The maximum atomic E-state index is 13.0. The zero-order valence-electron chi connectivity index (χ0n) is 14.9. The molecule has 1 aliphatic carbocycles. The summed E-state index contributed by atoms with van der Waals surface area (Å²) in [5, 5.41) is 0. The largest absolute Gasteiger partial charge is 0.462 e. The minimum absolute atomic E-state index is 0.106. The number of carbonyl (C=O) groups excluding carboxylic acids is 2. The van der Waals surface area contributed by atoms with Crippen molar-refractivity contribution in [3.8, 4) is 0 Å². The Kier molecular flexibility index (Phi) is 5.71. The molecular weight excluding hydrogens is 396 g/mol. The number of rotatable bonds is 6. The summed E-state index contributed by atoms with van der Waals surface area (Å²) < 4.78 is 6.01. The fraction of sp³-hybridized carbons (Fsp3) is 0.350. The molecule has 2 aromatic rings. The minimum Gasteiger partial charge on any atom is -0.462 e. The van der Waals surface area contributed by atoms with Crippen LogP contribution in [0.15, 0.2) is 40.9 Å². The molecule has 0 saturated heterocycles. The summed E-state index contributed by atoms with van der Waals surface area (Å²) in [5.41, 5.74) is 2.33. The number of hydrogen-bond donors (Lipinski definition) is 0. The van der Waals surface area contributed by atoms with E-state index in [4.69, 9.17) is 4.74 Å². The highest BCUT2D eigenvalue weighted by Gasteiger charge is 2.33. The van der Waals surface area contributed by atoms with Crippen LogP contribution >= 0.6 is 15.9 Å². The first-order valence-electron chi connectivity index (χ1n) is 8.69. The lowest BCUT2D eigenvalue weighted by Gasteiger charge is -2.22. The normalized spacial score (nSPS) is 13.3. The van der Waals surface area contributed by atoms with Gasteiger partial charge in [0, 0.05) is 17.1 Å². The Balaban J connectivity index is 1.81. The molecule has 1 saturated carbocycles. The van der Waals surface area contributed by atoms with Crippen molar-refractivity contribution in [2.45, 2.75) is 39.3 Å². The van der Waals surface area contributed by atoms with E-state index in [1.54, 1.807) is 26.0 Å². The number of ether oxygens (including phenoxy) is 1. The van der Waals surface area contributed by atoms with Crippen LogP contribution in [0.4, 0.5) is 0 Å². The maximum Gasteiger partial charge on any atom is 0.339 e. The van der Waals surface area contributed by atoms with Crippen molar-refractivity contribution >= 4 is 27.8 Å². The van der Waals surface area contributed by atoms with Gasteiger partial charge in [0.25, 0.3) is 5.91 Å². The lowest BCUT2D eigenvalue weighted by atomic mass is 10.1. The van der Waals surface area contributed by atoms with E-state index in [1.165, 1.54) is 0 Å². The van der Waals surface area contributed by atoms with Crippen molar-refractivity contribution in [2.24, 2.45) is 0 Å². The fourth-order valence-electron chi connectivity index (χ4n) is 2.84. The van der Waals surface area contributed by atoms with Gasteiger partial charge in [0.05, 0.1) is 17.9 Å². The third-order valence-electron chi connectivity index (χ3n) is 4.29. The van der Waals surface area contributed by atoms with Gasteiger partial charge in [-0.1, -0.05) is 28.1 Å². The monoisotopic (exact) mass is 416 g/mol.